The number of hydrogen-bond donors (Lipinski definition) is 2. The molecule has 1 amide bonds. The minimum atomic E-state index is -0.433. The first-order valence-electron chi connectivity index (χ1n) is 6.72. The minimum Gasteiger partial charge on any atom is -0.383 e. The molecule has 2 atom stereocenters. The second-order valence-electron chi connectivity index (χ2n) is 4.75. The lowest BCUT2D eigenvalue weighted by atomic mass is 10.1. The van der Waals surface area contributed by atoms with E-state index in [9.17, 15) is 14.9 Å². The molecule has 0 aromatic heterocycles. The maximum Gasteiger partial charge on any atom is 0.269 e. The number of hydrogen-bond acceptors (Lipinski definition) is 5. The molecule has 1 aromatic carbocycles. The van der Waals surface area contributed by atoms with Gasteiger partial charge in [-0.2, -0.15) is 0 Å². The van der Waals surface area contributed by atoms with Gasteiger partial charge in [0.1, 0.15) is 0 Å². The number of methoxy groups -OCH3 is 1. The highest BCUT2D eigenvalue weighted by Crippen LogP contribution is 2.19. The average Bonchev–Trinajstić information content (AvgIpc) is 2.47. The lowest BCUT2D eigenvalue weighted by molar-refractivity contribution is -0.384. The molecular formula is C14H21N3O4. The van der Waals surface area contributed by atoms with Gasteiger partial charge in [0.05, 0.1) is 17.6 Å². The third kappa shape index (κ3) is 5.49. The molecule has 0 heterocycles. The van der Waals surface area contributed by atoms with Crippen molar-refractivity contribution < 1.29 is 14.5 Å². The van der Waals surface area contributed by atoms with Gasteiger partial charge in [-0.05, 0) is 19.4 Å². The summed E-state index contributed by atoms with van der Waals surface area (Å²) in [5, 5.41) is 16.6. The average molecular weight is 295 g/mol. The number of carbonyl (C=O) groups excluding carboxylic acids is 1. The molecule has 116 valence electrons. The number of non-ortho nitro benzene ring substituents is 1. The molecule has 0 aliphatic heterocycles. The molecule has 21 heavy (non-hydrogen) atoms. The van der Waals surface area contributed by atoms with E-state index in [0.717, 1.165) is 5.56 Å². The molecule has 0 fully saturated rings. The lowest BCUT2D eigenvalue weighted by Crippen LogP contribution is -2.44. The first kappa shape index (κ1) is 17.1. The Balaban J connectivity index is 2.59. The van der Waals surface area contributed by atoms with Crippen molar-refractivity contribution in [3.63, 3.8) is 0 Å². The molecule has 7 nitrogen and oxygen atoms in total. The van der Waals surface area contributed by atoms with Crippen molar-refractivity contribution >= 4 is 11.6 Å². The van der Waals surface area contributed by atoms with E-state index in [4.69, 9.17) is 4.74 Å². The Bertz CT molecular complexity index is 493. The Morgan fingerprint density at radius 3 is 2.76 bits per heavy atom. The van der Waals surface area contributed by atoms with Gasteiger partial charge in [-0.1, -0.05) is 12.1 Å². The molecule has 1 rings (SSSR count). The zero-order valence-electron chi connectivity index (χ0n) is 12.5. The number of nitro benzene ring substituents is 1. The van der Waals surface area contributed by atoms with E-state index in [1.165, 1.54) is 12.1 Å². The number of nitrogens with one attached hydrogen (secondary N) is 2. The second kappa shape index (κ2) is 8.33. The molecule has 0 spiro atoms. The van der Waals surface area contributed by atoms with E-state index in [2.05, 4.69) is 10.6 Å². The summed E-state index contributed by atoms with van der Waals surface area (Å²) >= 11 is 0. The summed E-state index contributed by atoms with van der Waals surface area (Å²) in [7, 11) is 1.57. The Kier molecular flexibility index (Phi) is 6.77. The molecule has 0 radical (unpaired) electrons. The van der Waals surface area contributed by atoms with Gasteiger partial charge in [0.25, 0.3) is 5.69 Å². The van der Waals surface area contributed by atoms with Crippen LogP contribution in [0, 0.1) is 10.1 Å². The van der Waals surface area contributed by atoms with Crippen LogP contribution in [0.25, 0.3) is 0 Å². The summed E-state index contributed by atoms with van der Waals surface area (Å²) < 4.78 is 4.86. The van der Waals surface area contributed by atoms with Crippen LogP contribution >= 0.6 is 0 Å². The van der Waals surface area contributed by atoms with Crippen LogP contribution in [-0.4, -0.2) is 37.1 Å². The maximum absolute atomic E-state index is 11.8. The zero-order valence-corrected chi connectivity index (χ0v) is 12.5. The Hall–Kier alpha value is -1.99. The smallest absolute Gasteiger partial charge is 0.269 e. The summed E-state index contributed by atoms with van der Waals surface area (Å²) in [5.74, 6) is -0.135. The third-order valence-corrected chi connectivity index (χ3v) is 3.08. The van der Waals surface area contributed by atoms with Crippen LogP contribution in [0.4, 0.5) is 5.69 Å². The number of benzene rings is 1. The van der Waals surface area contributed by atoms with Crippen LogP contribution in [0.2, 0.25) is 0 Å². The minimum absolute atomic E-state index is 0.0401. The Morgan fingerprint density at radius 2 is 2.14 bits per heavy atom. The monoisotopic (exact) mass is 295 g/mol. The molecule has 0 saturated carbocycles. The van der Waals surface area contributed by atoms with E-state index in [1.54, 1.807) is 26.2 Å². The molecule has 2 N–H and O–H groups in total. The van der Waals surface area contributed by atoms with Gasteiger partial charge in [0.15, 0.2) is 0 Å². The summed E-state index contributed by atoms with van der Waals surface area (Å²) in [6, 6.07) is 5.80. The highest BCUT2D eigenvalue weighted by Gasteiger charge is 2.17. The predicted molar refractivity (Wildman–Crippen MR) is 79.0 cm³/mol. The Labute approximate surface area is 123 Å². The fourth-order valence-corrected chi connectivity index (χ4v) is 1.88. The summed E-state index contributed by atoms with van der Waals surface area (Å²) in [6.45, 7) is 4.51. The van der Waals surface area contributed by atoms with Crippen LogP contribution < -0.4 is 10.6 Å². The van der Waals surface area contributed by atoms with Gasteiger partial charge >= 0.3 is 0 Å². The van der Waals surface area contributed by atoms with Gasteiger partial charge in [-0.15, -0.1) is 0 Å². The fraction of sp³-hybridized carbons (Fsp3) is 0.500. The first-order chi connectivity index (χ1) is 9.95. The quantitative estimate of drug-likeness (QED) is 0.429. The topological polar surface area (TPSA) is 93.5 Å². The fourth-order valence-electron chi connectivity index (χ4n) is 1.88. The van der Waals surface area contributed by atoms with Crippen LogP contribution in [0.15, 0.2) is 24.3 Å². The molecule has 0 aliphatic rings. The highest BCUT2D eigenvalue weighted by atomic mass is 16.6. The molecule has 2 unspecified atom stereocenters. The highest BCUT2D eigenvalue weighted by molar-refractivity contribution is 5.81. The van der Waals surface area contributed by atoms with E-state index in [1.807, 2.05) is 6.92 Å². The molecule has 0 saturated heterocycles. The molecule has 1 aromatic rings. The number of ether oxygens (including phenoxy) is 1. The van der Waals surface area contributed by atoms with Gasteiger partial charge < -0.3 is 10.1 Å². The Morgan fingerprint density at radius 1 is 1.43 bits per heavy atom. The van der Waals surface area contributed by atoms with Gasteiger partial charge in [-0.25, -0.2) is 0 Å². The number of amides is 1. The van der Waals surface area contributed by atoms with Crippen LogP contribution in [0.1, 0.15) is 25.5 Å². The van der Waals surface area contributed by atoms with Crippen molar-refractivity contribution in [3.05, 3.63) is 39.9 Å². The van der Waals surface area contributed by atoms with E-state index in [-0.39, 0.29) is 17.6 Å². The van der Waals surface area contributed by atoms with Crippen LogP contribution in [0.5, 0.6) is 0 Å². The summed E-state index contributed by atoms with van der Waals surface area (Å²) in [6.07, 6.45) is 0. The number of nitro groups is 1. The molecule has 0 aliphatic carbocycles. The number of carbonyl (C=O) groups is 1. The van der Waals surface area contributed by atoms with E-state index >= 15 is 0 Å². The van der Waals surface area contributed by atoms with Crippen molar-refractivity contribution in [2.24, 2.45) is 0 Å². The maximum atomic E-state index is 11.8. The predicted octanol–water partition coefficient (Wildman–Crippen LogP) is 1.40. The third-order valence-electron chi connectivity index (χ3n) is 3.08. The standard InChI is InChI=1S/C14H21N3O4/c1-10(12-5-4-6-13(9-12)17(19)20)16-11(2)14(18)15-7-8-21-3/h4-6,9-11,16H,7-8H2,1-3H3,(H,15,18). The van der Waals surface area contributed by atoms with Gasteiger partial charge in [0.2, 0.25) is 5.91 Å². The normalized spacial score (nSPS) is 13.5. The van der Waals surface area contributed by atoms with E-state index < -0.39 is 11.0 Å². The first-order valence-corrected chi connectivity index (χ1v) is 6.72. The van der Waals surface area contributed by atoms with Crippen molar-refractivity contribution in [3.8, 4) is 0 Å². The molecular weight excluding hydrogens is 274 g/mol. The van der Waals surface area contributed by atoms with Gasteiger partial charge in [0, 0.05) is 31.8 Å². The van der Waals surface area contributed by atoms with Crippen molar-refractivity contribution in [1.82, 2.24) is 10.6 Å². The summed E-state index contributed by atoms with van der Waals surface area (Å²) in [5.41, 5.74) is 0.805. The number of nitrogens with zero attached hydrogens (tertiary/aromatic N) is 1. The summed E-state index contributed by atoms with van der Waals surface area (Å²) in [4.78, 5) is 22.2. The number of rotatable bonds is 8. The van der Waals surface area contributed by atoms with Crippen molar-refractivity contribution in [1.29, 1.82) is 0 Å². The molecule has 7 heteroatoms. The zero-order chi connectivity index (χ0) is 15.8. The largest absolute Gasteiger partial charge is 0.383 e. The van der Waals surface area contributed by atoms with Crippen molar-refractivity contribution in [2.45, 2.75) is 25.9 Å². The molecule has 0 bridgehead atoms. The van der Waals surface area contributed by atoms with Crippen LogP contribution in [0.3, 0.4) is 0 Å². The lowest BCUT2D eigenvalue weighted by Gasteiger charge is -2.19. The van der Waals surface area contributed by atoms with Gasteiger partial charge in [-0.3, -0.25) is 20.2 Å². The van der Waals surface area contributed by atoms with Crippen LogP contribution in [-0.2, 0) is 9.53 Å². The van der Waals surface area contributed by atoms with E-state index in [0.29, 0.717) is 13.2 Å². The second-order valence-corrected chi connectivity index (χ2v) is 4.75. The van der Waals surface area contributed by atoms with Crippen molar-refractivity contribution in [2.75, 3.05) is 20.3 Å². The SMILES string of the molecule is COCCNC(=O)C(C)NC(C)c1cccc([N+](=O)[O-])c1.